The molecule has 1 fully saturated rings. The van der Waals surface area contributed by atoms with Gasteiger partial charge in [-0.2, -0.15) is 15.1 Å². The highest BCUT2D eigenvalue weighted by atomic mass is 31.2. The van der Waals surface area contributed by atoms with Crippen LogP contribution in [-0.2, 0) is 23.4 Å². The summed E-state index contributed by atoms with van der Waals surface area (Å²) in [7, 11) is -3.08. The fraction of sp³-hybridized carbons (Fsp3) is 0.371. The van der Waals surface area contributed by atoms with Crippen LogP contribution < -0.4 is 20.1 Å². The molecule has 16 heteroatoms. The lowest BCUT2D eigenvalue weighted by atomic mass is 9.96. The van der Waals surface area contributed by atoms with Crippen LogP contribution >= 0.6 is 7.75 Å². The molecule has 0 radical (unpaired) electrons. The number of hydrogen-bond acceptors (Lipinski definition) is 13. The molecule has 1 aliphatic rings. The lowest BCUT2D eigenvalue weighted by molar-refractivity contribution is -0.152. The second kappa shape index (κ2) is 14.5. The van der Waals surface area contributed by atoms with Gasteiger partial charge in [-0.25, -0.2) is 9.55 Å². The number of aliphatic hydroxyl groups excluding tert-OH is 1. The van der Waals surface area contributed by atoms with E-state index in [2.05, 4.69) is 20.0 Å². The van der Waals surface area contributed by atoms with Crippen molar-refractivity contribution in [1.82, 2.24) is 24.6 Å². The zero-order chi connectivity index (χ0) is 36.5. The molecule has 2 aromatic heterocycles. The van der Waals surface area contributed by atoms with Crippen molar-refractivity contribution in [3.8, 4) is 11.6 Å². The highest BCUT2D eigenvalue weighted by molar-refractivity contribution is 7.52. The van der Waals surface area contributed by atoms with E-state index < -0.39 is 62.4 Å². The number of nitrogens with two attached hydrogens (primary N) is 1. The lowest BCUT2D eigenvalue weighted by Crippen LogP contribution is -2.45. The number of nitrogens with one attached hydrogen (secondary N) is 1. The number of rotatable bonds is 13. The van der Waals surface area contributed by atoms with Gasteiger partial charge in [0.2, 0.25) is 11.8 Å². The van der Waals surface area contributed by atoms with Crippen molar-refractivity contribution in [2.75, 3.05) is 19.5 Å². The first-order valence-corrected chi connectivity index (χ1v) is 17.9. The van der Waals surface area contributed by atoms with E-state index in [0.717, 1.165) is 10.9 Å². The predicted molar refractivity (Wildman–Crippen MR) is 188 cm³/mol. The number of carbonyl (C=O) groups excluding carboxylic acids is 1. The largest absolute Gasteiger partial charge is 0.479 e. The summed E-state index contributed by atoms with van der Waals surface area (Å²) in [5.41, 5.74) is 5.19. The average molecular weight is 721 g/mol. The summed E-state index contributed by atoms with van der Waals surface area (Å²) in [6, 6.07) is 20.7. The molecule has 3 heterocycles. The van der Waals surface area contributed by atoms with Gasteiger partial charge < -0.3 is 34.7 Å². The minimum atomic E-state index is -4.48. The molecule has 270 valence electrons. The zero-order valence-corrected chi connectivity index (χ0v) is 29.6. The van der Waals surface area contributed by atoms with Crippen molar-refractivity contribution in [2.24, 2.45) is 5.92 Å². The molecule has 1 saturated heterocycles. The molecular formula is C35H41N6O9P. The molecule has 7 atom stereocenters. The van der Waals surface area contributed by atoms with E-state index in [0.29, 0.717) is 5.39 Å². The molecule has 5 N–H and O–H groups in total. The Kier molecular flexibility index (Phi) is 10.3. The van der Waals surface area contributed by atoms with E-state index in [4.69, 9.17) is 29.0 Å². The molecule has 3 aromatic carbocycles. The topological polar surface area (TPSA) is 202 Å². The number of ether oxygens (including phenoxy) is 3. The lowest BCUT2D eigenvalue weighted by Gasteiger charge is -2.29. The molecule has 0 bridgehead atoms. The normalized spacial score (nSPS) is 22.9. The van der Waals surface area contributed by atoms with E-state index in [1.165, 1.54) is 24.9 Å². The SMILES string of the molecule is COc1nc(N)nc2c1ncn2[C@H]1O[C@H](COP(=O)(N[C@H](C(=O)OC(C)c2ccccc2)C(C)C)Oc2cccc3ccccc23)[C@@H](O)[C@@]1(C)O. The van der Waals surface area contributed by atoms with Gasteiger partial charge in [0, 0.05) is 5.39 Å². The maximum atomic E-state index is 14.8. The number of aromatic nitrogens is 4. The van der Waals surface area contributed by atoms with Crippen LogP contribution in [0.2, 0.25) is 0 Å². The van der Waals surface area contributed by atoms with Gasteiger partial charge in [0.1, 0.15) is 35.7 Å². The first-order valence-electron chi connectivity index (χ1n) is 16.4. The van der Waals surface area contributed by atoms with Crippen LogP contribution in [0.15, 0.2) is 79.1 Å². The molecular weight excluding hydrogens is 679 g/mol. The minimum Gasteiger partial charge on any atom is -0.479 e. The van der Waals surface area contributed by atoms with Crippen LogP contribution in [0.4, 0.5) is 5.95 Å². The summed E-state index contributed by atoms with van der Waals surface area (Å²) >= 11 is 0. The van der Waals surface area contributed by atoms with Crippen LogP contribution in [0.1, 0.15) is 45.6 Å². The fourth-order valence-corrected chi connectivity index (χ4v) is 7.63. The third-order valence-electron chi connectivity index (χ3n) is 8.76. The number of aliphatic hydroxyl groups is 2. The van der Waals surface area contributed by atoms with Gasteiger partial charge in [0.05, 0.1) is 20.0 Å². The third kappa shape index (κ3) is 7.40. The number of imidazole rings is 1. The molecule has 6 rings (SSSR count). The van der Waals surface area contributed by atoms with Crippen LogP contribution in [0.5, 0.6) is 11.6 Å². The van der Waals surface area contributed by atoms with Gasteiger partial charge in [-0.15, -0.1) is 0 Å². The summed E-state index contributed by atoms with van der Waals surface area (Å²) in [6.45, 7) is 6.12. The Morgan fingerprint density at radius 2 is 1.78 bits per heavy atom. The van der Waals surface area contributed by atoms with E-state index in [1.807, 2.05) is 54.6 Å². The van der Waals surface area contributed by atoms with Crippen LogP contribution in [0.25, 0.3) is 21.9 Å². The maximum Gasteiger partial charge on any atom is 0.459 e. The van der Waals surface area contributed by atoms with Crippen LogP contribution in [-0.4, -0.2) is 73.3 Å². The van der Waals surface area contributed by atoms with Gasteiger partial charge >= 0.3 is 13.7 Å². The minimum absolute atomic E-state index is 0.104. The molecule has 15 nitrogen and oxygen atoms in total. The Bertz CT molecular complexity index is 2050. The van der Waals surface area contributed by atoms with Gasteiger partial charge in [-0.1, -0.05) is 80.6 Å². The van der Waals surface area contributed by atoms with Gasteiger partial charge in [-0.05, 0) is 36.8 Å². The van der Waals surface area contributed by atoms with Crippen molar-refractivity contribution in [1.29, 1.82) is 0 Å². The number of carbonyl (C=O) groups is 1. The summed E-state index contributed by atoms with van der Waals surface area (Å²) < 4.78 is 45.5. The average Bonchev–Trinajstić information content (AvgIpc) is 3.62. The fourth-order valence-electron chi connectivity index (χ4n) is 5.95. The summed E-state index contributed by atoms with van der Waals surface area (Å²) in [6.07, 6.45) is -3.28. The van der Waals surface area contributed by atoms with Crippen molar-refractivity contribution in [3.05, 3.63) is 84.7 Å². The highest BCUT2D eigenvalue weighted by Crippen LogP contribution is 2.49. The highest BCUT2D eigenvalue weighted by Gasteiger charge is 2.54. The number of nitrogens with zero attached hydrogens (tertiary/aromatic N) is 4. The number of methoxy groups -OCH3 is 1. The molecule has 0 aliphatic carbocycles. The van der Waals surface area contributed by atoms with E-state index in [1.54, 1.807) is 39.0 Å². The Hall–Kier alpha value is -4.63. The molecule has 5 aromatic rings. The summed E-state index contributed by atoms with van der Waals surface area (Å²) in [4.78, 5) is 26.2. The zero-order valence-electron chi connectivity index (χ0n) is 28.7. The summed E-state index contributed by atoms with van der Waals surface area (Å²) in [5.74, 6) is -0.855. The van der Waals surface area contributed by atoms with Gasteiger partial charge in [0.15, 0.2) is 17.4 Å². The van der Waals surface area contributed by atoms with Crippen molar-refractivity contribution < 1.29 is 42.8 Å². The first-order chi connectivity index (χ1) is 24.3. The van der Waals surface area contributed by atoms with Crippen LogP contribution in [0, 0.1) is 5.92 Å². The van der Waals surface area contributed by atoms with E-state index >= 15 is 0 Å². The second-order valence-corrected chi connectivity index (χ2v) is 14.5. The predicted octanol–water partition coefficient (Wildman–Crippen LogP) is 4.70. The molecule has 2 unspecified atom stereocenters. The molecule has 1 aliphatic heterocycles. The van der Waals surface area contributed by atoms with E-state index in [9.17, 15) is 19.6 Å². The molecule has 0 amide bonds. The monoisotopic (exact) mass is 720 g/mol. The first kappa shape index (κ1) is 36.2. The quantitative estimate of drug-likeness (QED) is 0.0963. The number of hydrogen-bond donors (Lipinski definition) is 4. The molecule has 0 saturated carbocycles. The summed E-state index contributed by atoms with van der Waals surface area (Å²) in [5, 5.41) is 27.1. The van der Waals surface area contributed by atoms with Gasteiger partial charge in [-0.3, -0.25) is 13.9 Å². The molecule has 0 spiro atoms. The standard InChI is InChI=1S/C35H41N6O9P/c1-20(2)27(32(43)48-21(3)22-12-7-6-8-13-22)40-51(45,50-25-17-11-15-23-14-9-10-16-24(23)25)47-18-26-29(42)35(4,44)33(49-26)41-19-37-28-30(41)38-34(36)39-31(28)46-5/h6-17,19-21,26-27,29,33,42,44H,18H2,1-5H3,(H,40,45)(H2,36,38,39)/t21?,26-,27+,29-,33+,35-,51?/m1/s1. The number of fused-ring (bicyclic) bond motifs is 2. The van der Waals surface area contributed by atoms with Crippen molar-refractivity contribution in [2.45, 2.75) is 63.9 Å². The van der Waals surface area contributed by atoms with Crippen LogP contribution in [0.3, 0.4) is 0 Å². The Morgan fingerprint density at radius 1 is 1.08 bits per heavy atom. The molecule has 51 heavy (non-hydrogen) atoms. The van der Waals surface area contributed by atoms with Crippen molar-refractivity contribution >= 4 is 41.6 Å². The van der Waals surface area contributed by atoms with E-state index in [-0.39, 0.29) is 28.7 Å². The number of benzene rings is 3. The number of esters is 1. The Balaban J connectivity index is 1.28. The Morgan fingerprint density at radius 3 is 2.51 bits per heavy atom. The third-order valence-corrected chi connectivity index (χ3v) is 10.3. The number of anilines is 1. The number of nitrogen functional groups attached to an aromatic ring is 1. The second-order valence-electron chi connectivity index (χ2n) is 12.8. The smallest absolute Gasteiger partial charge is 0.459 e. The maximum absolute atomic E-state index is 14.8. The van der Waals surface area contributed by atoms with Crippen molar-refractivity contribution in [3.63, 3.8) is 0 Å². The Labute approximate surface area is 294 Å². The van der Waals surface area contributed by atoms with Gasteiger partial charge in [0.25, 0.3) is 0 Å².